The summed E-state index contributed by atoms with van der Waals surface area (Å²) in [5.74, 6) is -1.11. The number of hydrogen-bond acceptors (Lipinski definition) is 5. The molecule has 0 saturated heterocycles. The number of aromatic nitrogens is 1. The minimum Gasteiger partial charge on any atom is -0.481 e. The molecule has 2 aromatic carbocycles. The third kappa shape index (κ3) is 5.76. The highest BCUT2D eigenvalue weighted by molar-refractivity contribution is 7.84. The second-order valence-electron chi connectivity index (χ2n) is 8.54. The number of hydrogen-bond donors (Lipinski definition) is 2. The van der Waals surface area contributed by atoms with Crippen LogP contribution in [0.4, 0.5) is 0 Å². The molecule has 0 spiro atoms. The number of ketones is 1. The van der Waals surface area contributed by atoms with E-state index in [1.165, 1.54) is 0 Å². The maximum Gasteiger partial charge on any atom is 0.305 e. The monoisotopic (exact) mass is 488 g/mol. The molecule has 2 unspecified atom stereocenters. The molecule has 3 aromatic rings. The second-order valence-corrected chi connectivity index (χ2v) is 11.0. The van der Waals surface area contributed by atoms with Gasteiger partial charge in [0.2, 0.25) is 0 Å². The smallest absolute Gasteiger partial charge is 0.305 e. The van der Waals surface area contributed by atoms with E-state index < -0.39 is 27.7 Å². The lowest BCUT2D eigenvalue weighted by molar-refractivity contribution is -0.137. The molecule has 0 radical (unpaired) electrons. The molecule has 0 saturated carbocycles. The van der Waals surface area contributed by atoms with Crippen LogP contribution in [0, 0.1) is 6.92 Å². The molecule has 2 atom stereocenters. The van der Waals surface area contributed by atoms with Gasteiger partial charge in [-0.3, -0.25) is 9.59 Å². The van der Waals surface area contributed by atoms with Crippen LogP contribution in [0.3, 0.4) is 0 Å². The standard InChI is InChI=1S/C24H25ClN2O5S/c1-14-21(23(32-26-14)19(13-20(28)29)27-33(31)24(2,3)4)17-7-5-6-8-18(17)22(30)15-9-11-16(25)12-10-15/h5-12,19,27H,13H2,1-4H3,(H,28,29). The molecule has 7 nitrogen and oxygen atoms in total. The van der Waals surface area contributed by atoms with E-state index in [1.54, 1.807) is 76.2 Å². The molecule has 1 heterocycles. The molecule has 174 valence electrons. The van der Waals surface area contributed by atoms with Crippen molar-refractivity contribution in [1.82, 2.24) is 9.88 Å². The third-order valence-corrected chi connectivity index (χ3v) is 6.80. The van der Waals surface area contributed by atoms with E-state index in [0.29, 0.717) is 33.0 Å². The lowest BCUT2D eigenvalue weighted by atomic mass is 9.91. The molecule has 0 fully saturated rings. The minimum absolute atomic E-state index is 0.212. The number of aliphatic carboxylic acids is 1. The molecule has 0 aliphatic heterocycles. The number of rotatable bonds is 8. The second kappa shape index (κ2) is 9.99. The fourth-order valence-electron chi connectivity index (χ4n) is 3.28. The van der Waals surface area contributed by atoms with E-state index in [2.05, 4.69) is 9.88 Å². The van der Waals surface area contributed by atoms with Gasteiger partial charge in [0.15, 0.2) is 11.5 Å². The number of carboxylic acid groups (broad SMARTS) is 1. The van der Waals surface area contributed by atoms with Crippen molar-refractivity contribution in [3.8, 4) is 11.1 Å². The topological polar surface area (TPSA) is 110 Å². The van der Waals surface area contributed by atoms with Crippen LogP contribution in [0.15, 0.2) is 53.1 Å². The van der Waals surface area contributed by atoms with Gasteiger partial charge in [-0.15, -0.1) is 0 Å². The summed E-state index contributed by atoms with van der Waals surface area (Å²) in [6.45, 7) is 7.05. The number of halogens is 1. The van der Waals surface area contributed by atoms with Crippen molar-refractivity contribution in [3.05, 3.63) is 76.1 Å². The Balaban J connectivity index is 2.11. The third-order valence-electron chi connectivity index (χ3n) is 4.94. The van der Waals surface area contributed by atoms with Gasteiger partial charge in [0.1, 0.15) is 0 Å². The van der Waals surface area contributed by atoms with Crippen LogP contribution in [-0.4, -0.2) is 31.0 Å². The van der Waals surface area contributed by atoms with Gasteiger partial charge in [0.25, 0.3) is 0 Å². The Morgan fingerprint density at radius 1 is 1.15 bits per heavy atom. The Kier molecular flexibility index (Phi) is 7.51. The molecule has 0 aliphatic rings. The van der Waals surface area contributed by atoms with Crippen LogP contribution in [0.5, 0.6) is 0 Å². The molecule has 3 rings (SSSR count). The van der Waals surface area contributed by atoms with E-state index in [4.69, 9.17) is 16.1 Å². The predicted octanol–water partition coefficient (Wildman–Crippen LogP) is 5.10. The van der Waals surface area contributed by atoms with Crippen LogP contribution in [0.2, 0.25) is 5.02 Å². The summed E-state index contributed by atoms with van der Waals surface area (Å²) >= 11 is 5.95. The van der Waals surface area contributed by atoms with Gasteiger partial charge < -0.3 is 9.63 Å². The molecular formula is C24H25ClN2O5S. The number of aryl methyl sites for hydroxylation is 1. The van der Waals surface area contributed by atoms with E-state index in [-0.39, 0.29) is 18.0 Å². The maximum absolute atomic E-state index is 13.3. The fraction of sp³-hybridized carbons (Fsp3) is 0.292. The molecule has 1 aromatic heterocycles. The first-order chi connectivity index (χ1) is 15.5. The zero-order valence-corrected chi connectivity index (χ0v) is 20.3. The largest absolute Gasteiger partial charge is 0.481 e. The van der Waals surface area contributed by atoms with E-state index in [1.807, 2.05) is 0 Å². The summed E-state index contributed by atoms with van der Waals surface area (Å²) < 4.78 is 20.5. The summed E-state index contributed by atoms with van der Waals surface area (Å²) in [4.78, 5) is 24.9. The average Bonchev–Trinajstić information content (AvgIpc) is 3.13. The first kappa shape index (κ1) is 24.8. The van der Waals surface area contributed by atoms with E-state index in [0.717, 1.165) is 0 Å². The van der Waals surface area contributed by atoms with Gasteiger partial charge in [-0.2, -0.15) is 0 Å². The quantitative estimate of drug-likeness (QED) is 0.427. The van der Waals surface area contributed by atoms with Crippen molar-refractivity contribution in [1.29, 1.82) is 0 Å². The Hall–Kier alpha value is -2.81. The summed E-state index contributed by atoms with van der Waals surface area (Å²) in [5.41, 5.74) is 2.39. The first-order valence-corrected chi connectivity index (χ1v) is 11.8. The van der Waals surface area contributed by atoms with Crippen molar-refractivity contribution in [3.63, 3.8) is 0 Å². The lowest BCUT2D eigenvalue weighted by Crippen LogP contribution is -2.36. The van der Waals surface area contributed by atoms with Gasteiger partial charge in [-0.25, -0.2) is 8.93 Å². The van der Waals surface area contributed by atoms with Crippen LogP contribution >= 0.6 is 11.6 Å². The average molecular weight is 489 g/mol. The Morgan fingerprint density at radius 3 is 2.39 bits per heavy atom. The summed E-state index contributed by atoms with van der Waals surface area (Å²) in [5, 5.41) is 14.0. The summed E-state index contributed by atoms with van der Waals surface area (Å²) in [6.07, 6.45) is -0.378. The molecule has 0 aliphatic carbocycles. The van der Waals surface area contributed by atoms with Crippen LogP contribution in [0.25, 0.3) is 11.1 Å². The number of carboxylic acids is 1. The summed E-state index contributed by atoms with van der Waals surface area (Å²) in [7, 11) is -1.57. The number of nitrogens with one attached hydrogen (secondary N) is 1. The van der Waals surface area contributed by atoms with E-state index >= 15 is 0 Å². The Labute approximate surface area is 199 Å². The van der Waals surface area contributed by atoms with Gasteiger partial charge in [-0.1, -0.05) is 41.0 Å². The number of carbonyl (C=O) groups excluding carboxylic acids is 1. The van der Waals surface area contributed by atoms with E-state index in [9.17, 15) is 18.9 Å². The normalized spacial score (nSPS) is 13.5. The molecule has 9 heteroatoms. The zero-order chi connectivity index (χ0) is 24.3. The molecular weight excluding hydrogens is 464 g/mol. The Morgan fingerprint density at radius 2 is 1.79 bits per heavy atom. The molecule has 0 bridgehead atoms. The van der Waals surface area contributed by atoms with Crippen molar-refractivity contribution in [2.45, 2.75) is 44.9 Å². The van der Waals surface area contributed by atoms with Gasteiger partial charge >= 0.3 is 5.97 Å². The number of carbonyl (C=O) groups is 2. The van der Waals surface area contributed by atoms with Crippen molar-refractivity contribution >= 4 is 34.3 Å². The lowest BCUT2D eigenvalue weighted by Gasteiger charge is -2.23. The van der Waals surface area contributed by atoms with Crippen LogP contribution in [-0.2, 0) is 15.8 Å². The van der Waals surface area contributed by atoms with Crippen molar-refractivity contribution < 1.29 is 23.4 Å². The Bertz CT molecular complexity index is 1200. The number of nitrogens with zero attached hydrogens (tertiary/aromatic N) is 1. The van der Waals surface area contributed by atoms with Crippen LogP contribution < -0.4 is 4.72 Å². The van der Waals surface area contributed by atoms with Gasteiger partial charge in [-0.05, 0) is 57.5 Å². The van der Waals surface area contributed by atoms with Gasteiger partial charge in [0.05, 0.1) is 33.9 Å². The number of benzene rings is 2. The highest BCUT2D eigenvalue weighted by Crippen LogP contribution is 2.36. The molecule has 2 N–H and O–H groups in total. The highest BCUT2D eigenvalue weighted by atomic mass is 35.5. The zero-order valence-electron chi connectivity index (χ0n) is 18.7. The summed E-state index contributed by atoms with van der Waals surface area (Å²) in [6, 6.07) is 12.6. The first-order valence-electron chi connectivity index (χ1n) is 10.2. The van der Waals surface area contributed by atoms with Gasteiger partial charge in [0, 0.05) is 21.7 Å². The SMILES string of the molecule is Cc1noc(C(CC(=O)O)NS(=O)C(C)(C)C)c1-c1ccccc1C(=O)c1ccc(Cl)cc1. The van der Waals surface area contributed by atoms with Crippen molar-refractivity contribution in [2.75, 3.05) is 0 Å². The predicted molar refractivity (Wildman–Crippen MR) is 128 cm³/mol. The fourth-order valence-corrected chi connectivity index (χ4v) is 4.21. The minimum atomic E-state index is -1.57. The van der Waals surface area contributed by atoms with Crippen LogP contribution in [0.1, 0.15) is 60.6 Å². The highest BCUT2D eigenvalue weighted by Gasteiger charge is 2.31. The molecule has 33 heavy (non-hydrogen) atoms. The maximum atomic E-state index is 13.3. The molecule has 0 amide bonds. The van der Waals surface area contributed by atoms with Crippen molar-refractivity contribution in [2.24, 2.45) is 0 Å².